The number of rotatable bonds is 5. The molecule has 0 spiro atoms. The predicted octanol–water partition coefficient (Wildman–Crippen LogP) is 4.04. The fraction of sp³-hybridized carbons (Fsp3) is 0.250. The highest BCUT2D eigenvalue weighted by Gasteiger charge is 2.36. The van der Waals surface area contributed by atoms with Crippen molar-refractivity contribution in [3.05, 3.63) is 76.0 Å². The first-order valence-corrected chi connectivity index (χ1v) is 11.1. The molecule has 2 aliphatic rings. The summed E-state index contributed by atoms with van der Waals surface area (Å²) in [6, 6.07) is 17.4. The highest BCUT2D eigenvalue weighted by atomic mass is 32.1. The number of anilines is 1. The lowest BCUT2D eigenvalue weighted by Crippen LogP contribution is -2.35. The highest BCUT2D eigenvalue weighted by molar-refractivity contribution is 7.10. The number of carbonyl (C=O) groups is 2. The molecular formula is C24H22N2O4S. The molecule has 1 aromatic heterocycles. The Labute approximate surface area is 184 Å². The van der Waals surface area contributed by atoms with E-state index in [4.69, 9.17) is 9.47 Å². The molecule has 2 aliphatic heterocycles. The van der Waals surface area contributed by atoms with E-state index < -0.39 is 5.92 Å². The molecule has 3 aromatic rings. The van der Waals surface area contributed by atoms with Crippen molar-refractivity contribution in [2.24, 2.45) is 5.92 Å². The Morgan fingerprint density at radius 1 is 1.13 bits per heavy atom. The highest BCUT2D eigenvalue weighted by Crippen LogP contribution is 2.37. The number of hydrogen-bond donors (Lipinski definition) is 1. The molecule has 2 atom stereocenters. The average molecular weight is 435 g/mol. The number of fused-ring (bicyclic) bond motifs is 1. The molecule has 158 valence electrons. The van der Waals surface area contributed by atoms with E-state index in [1.165, 1.54) is 5.56 Å². The van der Waals surface area contributed by atoms with Crippen molar-refractivity contribution in [2.75, 3.05) is 18.2 Å². The van der Waals surface area contributed by atoms with Crippen molar-refractivity contribution in [1.29, 1.82) is 0 Å². The van der Waals surface area contributed by atoms with E-state index >= 15 is 0 Å². The lowest BCUT2D eigenvalue weighted by atomic mass is 10.0. The third-order valence-electron chi connectivity index (χ3n) is 5.69. The minimum absolute atomic E-state index is 0.0676. The number of hydrogen-bond acceptors (Lipinski definition) is 5. The van der Waals surface area contributed by atoms with E-state index in [0.717, 1.165) is 16.1 Å². The van der Waals surface area contributed by atoms with Gasteiger partial charge in [0.25, 0.3) is 0 Å². The molecule has 1 fully saturated rings. The van der Waals surface area contributed by atoms with E-state index in [1.54, 1.807) is 28.4 Å². The standard InChI is InChI=1S/C24H22N2O4S/c1-15-4-6-16(7-5-15)23(21-3-2-10-31-21)25-24(28)17-11-22(27)26(13-17)18-8-9-19-20(12-18)30-14-29-19/h2-10,12,17,23H,11,13-14H2,1H3,(H,25,28). The van der Waals surface area contributed by atoms with Crippen molar-refractivity contribution >= 4 is 28.8 Å². The SMILES string of the molecule is Cc1ccc(C(NC(=O)C2CC(=O)N(c3ccc4c(c3)OCO4)C2)c2cccs2)cc1. The molecular weight excluding hydrogens is 412 g/mol. The molecule has 2 amide bonds. The maximum atomic E-state index is 13.2. The molecule has 2 aromatic carbocycles. The third-order valence-corrected chi connectivity index (χ3v) is 6.63. The topological polar surface area (TPSA) is 67.9 Å². The molecule has 3 heterocycles. The van der Waals surface area contributed by atoms with Crippen molar-refractivity contribution in [1.82, 2.24) is 5.32 Å². The van der Waals surface area contributed by atoms with Crippen LogP contribution in [0.25, 0.3) is 0 Å². The summed E-state index contributed by atoms with van der Waals surface area (Å²) >= 11 is 1.61. The van der Waals surface area contributed by atoms with E-state index in [9.17, 15) is 9.59 Å². The van der Waals surface area contributed by atoms with Gasteiger partial charge in [-0.1, -0.05) is 35.9 Å². The Balaban J connectivity index is 1.33. The minimum atomic E-state index is -0.411. The summed E-state index contributed by atoms with van der Waals surface area (Å²) < 4.78 is 10.8. The normalized spacial score (nSPS) is 18.3. The molecule has 7 heteroatoms. The van der Waals surface area contributed by atoms with Crippen molar-refractivity contribution < 1.29 is 19.1 Å². The first kappa shape index (κ1) is 19.6. The van der Waals surface area contributed by atoms with Crippen LogP contribution < -0.4 is 19.7 Å². The Morgan fingerprint density at radius 2 is 1.94 bits per heavy atom. The zero-order valence-corrected chi connectivity index (χ0v) is 17.9. The van der Waals surface area contributed by atoms with Crippen LogP contribution >= 0.6 is 11.3 Å². The van der Waals surface area contributed by atoms with Gasteiger partial charge >= 0.3 is 0 Å². The van der Waals surface area contributed by atoms with Gasteiger partial charge in [-0.25, -0.2) is 0 Å². The summed E-state index contributed by atoms with van der Waals surface area (Å²) in [5.74, 6) is 0.695. The Kier molecular flexibility index (Phi) is 5.11. The molecule has 0 aliphatic carbocycles. The molecule has 1 N–H and O–H groups in total. The maximum Gasteiger partial charge on any atom is 0.231 e. The van der Waals surface area contributed by atoms with Gasteiger partial charge in [0, 0.05) is 29.6 Å². The largest absolute Gasteiger partial charge is 0.454 e. The van der Waals surface area contributed by atoms with Crippen LogP contribution in [0.4, 0.5) is 5.69 Å². The lowest BCUT2D eigenvalue weighted by molar-refractivity contribution is -0.126. The molecule has 6 nitrogen and oxygen atoms in total. The summed E-state index contributed by atoms with van der Waals surface area (Å²) in [4.78, 5) is 28.6. The van der Waals surface area contributed by atoms with Gasteiger partial charge in [-0.2, -0.15) is 0 Å². The molecule has 0 saturated carbocycles. The Bertz CT molecular complexity index is 1110. The molecule has 31 heavy (non-hydrogen) atoms. The van der Waals surface area contributed by atoms with Gasteiger partial charge in [0.1, 0.15) is 0 Å². The number of benzene rings is 2. The van der Waals surface area contributed by atoms with Gasteiger partial charge in [-0.05, 0) is 36.1 Å². The van der Waals surface area contributed by atoms with E-state index in [-0.39, 0.29) is 31.1 Å². The summed E-state index contributed by atoms with van der Waals surface area (Å²) in [5.41, 5.74) is 2.91. The fourth-order valence-corrected chi connectivity index (χ4v) is 4.78. The molecule has 5 rings (SSSR count). The van der Waals surface area contributed by atoms with Crippen molar-refractivity contribution in [2.45, 2.75) is 19.4 Å². The number of ether oxygens (including phenoxy) is 2. The van der Waals surface area contributed by atoms with Crippen molar-refractivity contribution in [3.63, 3.8) is 0 Å². The Hall–Kier alpha value is -3.32. The smallest absolute Gasteiger partial charge is 0.231 e. The van der Waals surface area contributed by atoms with Crippen LogP contribution in [0.3, 0.4) is 0 Å². The van der Waals surface area contributed by atoms with Crippen LogP contribution in [0.1, 0.15) is 28.5 Å². The number of aryl methyl sites for hydroxylation is 1. The zero-order chi connectivity index (χ0) is 21.4. The zero-order valence-electron chi connectivity index (χ0n) is 17.0. The minimum Gasteiger partial charge on any atom is -0.454 e. The number of thiophene rings is 1. The number of amides is 2. The first-order valence-electron chi connectivity index (χ1n) is 10.2. The van der Waals surface area contributed by atoms with Gasteiger partial charge in [-0.15, -0.1) is 11.3 Å². The third kappa shape index (κ3) is 3.88. The van der Waals surface area contributed by atoms with Crippen molar-refractivity contribution in [3.8, 4) is 11.5 Å². The number of carbonyl (C=O) groups excluding carboxylic acids is 2. The first-order chi connectivity index (χ1) is 15.1. The molecule has 0 bridgehead atoms. The van der Waals surface area contributed by atoms with E-state index in [1.807, 2.05) is 54.8 Å². The van der Waals surface area contributed by atoms with Crippen LogP contribution in [-0.4, -0.2) is 25.2 Å². The van der Waals surface area contributed by atoms with Crippen LogP contribution in [0.2, 0.25) is 0 Å². The maximum absolute atomic E-state index is 13.2. The summed E-state index contributed by atoms with van der Waals surface area (Å²) in [6.07, 6.45) is 0.186. The average Bonchev–Trinajstić information content (AvgIpc) is 3.53. The molecule has 0 radical (unpaired) electrons. The van der Waals surface area contributed by atoms with Gasteiger partial charge < -0.3 is 19.7 Å². The van der Waals surface area contributed by atoms with Crippen LogP contribution in [0.5, 0.6) is 11.5 Å². The fourth-order valence-electron chi connectivity index (χ4n) is 3.98. The molecule has 2 unspecified atom stereocenters. The van der Waals surface area contributed by atoms with Gasteiger partial charge in [0.15, 0.2) is 11.5 Å². The monoisotopic (exact) mass is 434 g/mol. The number of nitrogens with zero attached hydrogens (tertiary/aromatic N) is 1. The second kappa shape index (κ2) is 8.07. The van der Waals surface area contributed by atoms with E-state index in [0.29, 0.717) is 18.0 Å². The molecule has 1 saturated heterocycles. The summed E-state index contributed by atoms with van der Waals surface area (Å²) in [5, 5.41) is 5.18. The van der Waals surface area contributed by atoms with Crippen LogP contribution in [-0.2, 0) is 9.59 Å². The van der Waals surface area contributed by atoms with Crippen LogP contribution in [0.15, 0.2) is 60.0 Å². The second-order valence-electron chi connectivity index (χ2n) is 7.81. The van der Waals surface area contributed by atoms with Gasteiger partial charge in [0.2, 0.25) is 18.6 Å². The van der Waals surface area contributed by atoms with Gasteiger partial charge in [0.05, 0.1) is 12.0 Å². The summed E-state index contributed by atoms with van der Waals surface area (Å²) in [7, 11) is 0. The summed E-state index contributed by atoms with van der Waals surface area (Å²) in [6.45, 7) is 2.56. The Morgan fingerprint density at radius 3 is 2.71 bits per heavy atom. The quantitative estimate of drug-likeness (QED) is 0.658. The van der Waals surface area contributed by atoms with Gasteiger partial charge in [-0.3, -0.25) is 9.59 Å². The second-order valence-corrected chi connectivity index (χ2v) is 8.79. The predicted molar refractivity (Wildman–Crippen MR) is 119 cm³/mol. The number of nitrogens with one attached hydrogen (secondary N) is 1. The van der Waals surface area contributed by atoms with E-state index in [2.05, 4.69) is 5.32 Å². The van der Waals surface area contributed by atoms with Crippen LogP contribution in [0, 0.1) is 12.8 Å². The lowest BCUT2D eigenvalue weighted by Gasteiger charge is -2.21.